The van der Waals surface area contributed by atoms with Crippen LogP contribution in [0.5, 0.6) is 0 Å². The van der Waals surface area contributed by atoms with Crippen LogP contribution in [-0.2, 0) is 20.4 Å². The van der Waals surface area contributed by atoms with Crippen molar-refractivity contribution in [2.45, 2.75) is 6.18 Å². The molecule has 0 aliphatic rings. The lowest BCUT2D eigenvalue weighted by Crippen LogP contribution is -2.06. The Kier molecular flexibility index (Phi) is 6.69. The normalized spacial score (nSPS) is 12.7. The molecule has 0 heterocycles. The van der Waals surface area contributed by atoms with Gasteiger partial charge in [0.05, 0.1) is 26.0 Å². The number of esters is 1. The molecule has 0 radical (unpaired) electrons. The smallest absolute Gasteiger partial charge is 0.416 e. The maximum atomic E-state index is 12.9. The molecular weight excluding hydrogens is 381 g/mol. The molecule has 27 heavy (non-hydrogen) atoms. The number of rotatable bonds is 5. The summed E-state index contributed by atoms with van der Waals surface area (Å²) >= 11 is 6.26. The van der Waals surface area contributed by atoms with Gasteiger partial charge in [-0.3, -0.25) is 0 Å². The molecule has 0 amide bonds. The second-order valence-corrected chi connectivity index (χ2v) is 5.82. The van der Waals surface area contributed by atoms with E-state index in [0.29, 0.717) is 11.1 Å². The van der Waals surface area contributed by atoms with E-state index in [-0.39, 0.29) is 16.2 Å². The van der Waals surface area contributed by atoms with Crippen molar-refractivity contribution in [3.63, 3.8) is 0 Å². The summed E-state index contributed by atoms with van der Waals surface area (Å²) < 4.78 is 48.4. The predicted octanol–water partition coefficient (Wildman–Crippen LogP) is 5.60. The molecule has 0 atom stereocenters. The van der Waals surface area contributed by atoms with Crippen molar-refractivity contribution in [1.82, 2.24) is 0 Å². The van der Waals surface area contributed by atoms with Crippen LogP contribution in [0.3, 0.4) is 0 Å². The summed E-state index contributed by atoms with van der Waals surface area (Å²) in [5, 5.41) is 0.0928. The van der Waals surface area contributed by atoms with Crippen molar-refractivity contribution < 1.29 is 27.4 Å². The van der Waals surface area contributed by atoms with Crippen LogP contribution in [0.2, 0.25) is 0 Å². The third-order valence-electron chi connectivity index (χ3n) is 3.64. The van der Waals surface area contributed by atoms with Gasteiger partial charge in [0.25, 0.3) is 0 Å². The number of alkyl halides is 3. The number of benzene rings is 2. The first-order valence-electron chi connectivity index (χ1n) is 7.73. The van der Waals surface area contributed by atoms with E-state index in [0.717, 1.165) is 12.1 Å². The monoisotopic (exact) mass is 396 g/mol. The number of hydrogen-bond acceptors (Lipinski definition) is 3. The molecule has 0 saturated carbocycles. The van der Waals surface area contributed by atoms with Crippen molar-refractivity contribution in [3.05, 3.63) is 77.0 Å². The minimum atomic E-state index is -4.47. The van der Waals surface area contributed by atoms with Crippen molar-refractivity contribution >= 4 is 34.3 Å². The standard InChI is InChI=1S/C20H16ClF3O3/c1-26-12-17(19(25)27-2)16-9-4-3-6-13(16)11-18(21)14-7-5-8-15(10-14)20(22,23)24/h3-12H,1-2H3. The molecule has 142 valence electrons. The highest BCUT2D eigenvalue weighted by atomic mass is 35.5. The molecule has 0 bridgehead atoms. The molecule has 0 aliphatic heterocycles. The zero-order valence-electron chi connectivity index (χ0n) is 14.5. The number of methoxy groups -OCH3 is 2. The lowest BCUT2D eigenvalue weighted by Gasteiger charge is -2.11. The van der Waals surface area contributed by atoms with Crippen LogP contribution >= 0.6 is 11.6 Å². The highest BCUT2D eigenvalue weighted by Gasteiger charge is 2.30. The summed E-state index contributed by atoms with van der Waals surface area (Å²) in [6.07, 6.45) is -1.75. The second kappa shape index (κ2) is 8.77. The second-order valence-electron chi connectivity index (χ2n) is 5.42. The third-order valence-corrected chi connectivity index (χ3v) is 3.97. The zero-order valence-corrected chi connectivity index (χ0v) is 15.3. The summed E-state index contributed by atoms with van der Waals surface area (Å²) in [6, 6.07) is 11.5. The minimum absolute atomic E-state index is 0.0928. The average Bonchev–Trinajstić information content (AvgIpc) is 2.65. The van der Waals surface area contributed by atoms with Crippen LogP contribution < -0.4 is 0 Å². The van der Waals surface area contributed by atoms with E-state index < -0.39 is 17.7 Å². The lowest BCUT2D eigenvalue weighted by molar-refractivity contribution is -0.137. The van der Waals surface area contributed by atoms with Gasteiger partial charge in [-0.2, -0.15) is 13.2 Å². The molecule has 2 aromatic rings. The quantitative estimate of drug-likeness (QED) is 0.285. The molecule has 0 aliphatic carbocycles. The van der Waals surface area contributed by atoms with Gasteiger partial charge in [0.1, 0.15) is 5.57 Å². The van der Waals surface area contributed by atoms with Crippen LogP contribution in [0.4, 0.5) is 13.2 Å². The average molecular weight is 397 g/mol. The van der Waals surface area contributed by atoms with Gasteiger partial charge in [-0.15, -0.1) is 0 Å². The Morgan fingerprint density at radius 2 is 1.78 bits per heavy atom. The summed E-state index contributed by atoms with van der Waals surface area (Å²) in [4.78, 5) is 12.0. The lowest BCUT2D eigenvalue weighted by atomic mass is 9.99. The fraction of sp³-hybridized carbons (Fsp3) is 0.150. The largest absolute Gasteiger partial charge is 0.503 e. The van der Waals surface area contributed by atoms with Crippen LogP contribution in [0.25, 0.3) is 16.7 Å². The Labute approximate surface area is 159 Å². The first-order valence-corrected chi connectivity index (χ1v) is 8.11. The molecule has 0 N–H and O–H groups in total. The van der Waals surface area contributed by atoms with E-state index in [9.17, 15) is 18.0 Å². The first kappa shape index (κ1) is 20.6. The molecule has 2 rings (SSSR count). The van der Waals surface area contributed by atoms with Crippen molar-refractivity contribution in [2.24, 2.45) is 0 Å². The Morgan fingerprint density at radius 3 is 2.41 bits per heavy atom. The summed E-state index contributed by atoms with van der Waals surface area (Å²) in [5.41, 5.74) is 0.552. The van der Waals surface area contributed by atoms with Gasteiger partial charge in [-0.1, -0.05) is 48.0 Å². The van der Waals surface area contributed by atoms with Gasteiger partial charge < -0.3 is 9.47 Å². The molecule has 0 fully saturated rings. The fourth-order valence-corrected chi connectivity index (χ4v) is 2.62. The molecule has 7 heteroatoms. The number of carbonyl (C=O) groups excluding carboxylic acids is 1. The summed E-state index contributed by atoms with van der Waals surface area (Å²) in [7, 11) is 2.62. The van der Waals surface area contributed by atoms with Gasteiger partial charge in [0, 0.05) is 5.03 Å². The van der Waals surface area contributed by atoms with E-state index in [1.165, 1.54) is 38.7 Å². The van der Waals surface area contributed by atoms with Crippen molar-refractivity contribution in [1.29, 1.82) is 0 Å². The third kappa shape index (κ3) is 5.14. The van der Waals surface area contributed by atoms with Gasteiger partial charge in [-0.25, -0.2) is 4.79 Å². The van der Waals surface area contributed by atoms with Gasteiger partial charge in [0.15, 0.2) is 0 Å². The van der Waals surface area contributed by atoms with E-state index in [2.05, 4.69) is 0 Å². The summed E-state index contributed by atoms with van der Waals surface area (Å²) in [5.74, 6) is -0.618. The number of hydrogen-bond donors (Lipinski definition) is 0. The Hall–Kier alpha value is -2.73. The molecule has 0 aromatic heterocycles. The molecule has 0 unspecified atom stereocenters. The topological polar surface area (TPSA) is 35.5 Å². The summed E-state index contributed by atoms with van der Waals surface area (Å²) in [6.45, 7) is 0. The van der Waals surface area contributed by atoms with Crippen molar-refractivity contribution in [2.75, 3.05) is 14.2 Å². The molecule has 3 nitrogen and oxygen atoms in total. The maximum Gasteiger partial charge on any atom is 0.416 e. The zero-order chi connectivity index (χ0) is 20.0. The predicted molar refractivity (Wildman–Crippen MR) is 98.6 cm³/mol. The van der Waals surface area contributed by atoms with Crippen LogP contribution in [-0.4, -0.2) is 20.2 Å². The van der Waals surface area contributed by atoms with E-state index >= 15 is 0 Å². The van der Waals surface area contributed by atoms with E-state index in [4.69, 9.17) is 21.1 Å². The SMILES string of the molecule is COC=C(C(=O)OC)c1ccccc1C=C(Cl)c1cccc(C(F)(F)F)c1. The van der Waals surface area contributed by atoms with E-state index in [1.807, 2.05) is 0 Å². The number of halogens is 4. The fourth-order valence-electron chi connectivity index (χ4n) is 2.38. The molecular formula is C20H16ClF3O3. The Bertz CT molecular complexity index is 886. The number of ether oxygens (including phenoxy) is 2. The highest BCUT2D eigenvalue weighted by Crippen LogP contribution is 2.33. The number of carbonyl (C=O) groups is 1. The van der Waals surface area contributed by atoms with Crippen LogP contribution in [0, 0.1) is 0 Å². The first-order chi connectivity index (χ1) is 12.8. The van der Waals surface area contributed by atoms with E-state index in [1.54, 1.807) is 24.3 Å². The van der Waals surface area contributed by atoms with Crippen LogP contribution in [0.1, 0.15) is 22.3 Å². The highest BCUT2D eigenvalue weighted by molar-refractivity contribution is 6.51. The van der Waals surface area contributed by atoms with Crippen molar-refractivity contribution in [3.8, 4) is 0 Å². The molecule has 2 aromatic carbocycles. The Balaban J connectivity index is 2.51. The van der Waals surface area contributed by atoms with Gasteiger partial charge >= 0.3 is 12.1 Å². The Morgan fingerprint density at radius 1 is 1.07 bits per heavy atom. The molecule has 0 saturated heterocycles. The van der Waals surface area contributed by atoms with Crippen LogP contribution in [0.15, 0.2) is 54.8 Å². The molecule has 0 spiro atoms. The van der Waals surface area contributed by atoms with Gasteiger partial charge in [0.2, 0.25) is 0 Å². The maximum absolute atomic E-state index is 12.9. The minimum Gasteiger partial charge on any atom is -0.503 e. The van der Waals surface area contributed by atoms with Gasteiger partial charge in [-0.05, 0) is 34.9 Å².